The van der Waals surface area contributed by atoms with Gasteiger partial charge in [-0.25, -0.2) is 0 Å². The van der Waals surface area contributed by atoms with E-state index >= 15 is 0 Å². The highest BCUT2D eigenvalue weighted by atomic mass is 35.5. The zero-order valence-corrected chi connectivity index (χ0v) is 17.5. The number of nitrogens with one attached hydrogen (secondary N) is 3. The van der Waals surface area contributed by atoms with Crippen LogP contribution in [0.4, 0.5) is 0 Å². The lowest BCUT2D eigenvalue weighted by Gasteiger charge is -2.55. The third kappa shape index (κ3) is 5.37. The molecule has 3 saturated heterocycles. The monoisotopic (exact) mass is 417 g/mol. The number of carbonyl (C=O) groups excluding carboxylic acids is 1. The molecule has 1 aromatic rings. The Kier molecular flexibility index (Phi) is 8.86. The van der Waals surface area contributed by atoms with Gasteiger partial charge in [0, 0.05) is 31.2 Å². The molecule has 6 nitrogen and oxygen atoms in total. The number of aromatic nitrogens is 2. The van der Waals surface area contributed by atoms with Crippen LogP contribution in [0.1, 0.15) is 44.1 Å². The Hall–Kier alpha value is -0.820. The lowest BCUT2D eigenvalue weighted by molar-refractivity contribution is -0.122. The van der Waals surface area contributed by atoms with Gasteiger partial charge in [-0.3, -0.25) is 14.8 Å². The van der Waals surface area contributed by atoms with E-state index < -0.39 is 0 Å². The number of piperidine rings is 3. The summed E-state index contributed by atoms with van der Waals surface area (Å²) in [6.07, 6.45) is 11.5. The van der Waals surface area contributed by atoms with Gasteiger partial charge in [-0.1, -0.05) is 6.42 Å². The molecule has 27 heavy (non-hydrogen) atoms. The van der Waals surface area contributed by atoms with E-state index in [1.54, 1.807) is 0 Å². The zero-order chi connectivity index (χ0) is 17.1. The molecule has 0 aromatic carbocycles. The number of hydrogen-bond acceptors (Lipinski definition) is 4. The smallest absolute Gasteiger partial charge is 0.220 e. The third-order valence-corrected chi connectivity index (χ3v) is 6.46. The van der Waals surface area contributed by atoms with E-state index in [0.29, 0.717) is 18.4 Å². The van der Waals surface area contributed by atoms with Gasteiger partial charge in [0.1, 0.15) is 0 Å². The van der Waals surface area contributed by atoms with Crippen LogP contribution in [0.25, 0.3) is 0 Å². The van der Waals surface area contributed by atoms with Gasteiger partial charge in [-0.15, -0.1) is 24.8 Å². The van der Waals surface area contributed by atoms with Crippen LogP contribution < -0.4 is 10.6 Å². The minimum Gasteiger partial charge on any atom is -0.355 e. The van der Waals surface area contributed by atoms with Crippen molar-refractivity contribution in [1.82, 2.24) is 25.7 Å². The van der Waals surface area contributed by atoms with Crippen LogP contribution in [0.15, 0.2) is 12.4 Å². The van der Waals surface area contributed by atoms with Gasteiger partial charge in [0.15, 0.2) is 0 Å². The van der Waals surface area contributed by atoms with Crippen molar-refractivity contribution in [2.45, 2.75) is 57.0 Å². The van der Waals surface area contributed by atoms with Gasteiger partial charge in [-0.2, -0.15) is 5.10 Å². The summed E-state index contributed by atoms with van der Waals surface area (Å²) in [5.41, 5.74) is 1.18. The Balaban J connectivity index is 0.00000131. The molecule has 3 aliphatic heterocycles. The Labute approximate surface area is 174 Å². The summed E-state index contributed by atoms with van der Waals surface area (Å²) < 4.78 is 0. The van der Waals surface area contributed by atoms with Crippen LogP contribution in [-0.2, 0) is 11.2 Å². The number of rotatable bonds is 6. The van der Waals surface area contributed by atoms with E-state index in [1.165, 1.54) is 44.3 Å². The van der Waals surface area contributed by atoms with Crippen molar-refractivity contribution in [2.24, 2.45) is 11.8 Å². The maximum Gasteiger partial charge on any atom is 0.220 e. The van der Waals surface area contributed by atoms with Crippen molar-refractivity contribution in [1.29, 1.82) is 0 Å². The normalized spacial score (nSPS) is 29.8. The molecule has 3 N–H and O–H groups in total. The van der Waals surface area contributed by atoms with E-state index in [4.69, 9.17) is 0 Å². The predicted molar refractivity (Wildman–Crippen MR) is 112 cm³/mol. The lowest BCUT2D eigenvalue weighted by Crippen LogP contribution is -2.65. The second-order valence-corrected chi connectivity index (χ2v) is 8.05. The molecule has 2 bridgehead atoms. The molecule has 1 aromatic heterocycles. The fraction of sp³-hybridized carbons (Fsp3) is 0.789. The number of carbonyl (C=O) groups is 1. The molecule has 0 spiro atoms. The van der Waals surface area contributed by atoms with E-state index in [-0.39, 0.29) is 30.7 Å². The molecule has 3 aliphatic rings. The van der Waals surface area contributed by atoms with Crippen LogP contribution in [0.3, 0.4) is 0 Å². The summed E-state index contributed by atoms with van der Waals surface area (Å²) >= 11 is 0. The molecule has 0 unspecified atom stereocenters. The highest BCUT2D eigenvalue weighted by molar-refractivity contribution is 5.85. The van der Waals surface area contributed by atoms with E-state index in [2.05, 4.69) is 25.7 Å². The quantitative estimate of drug-likeness (QED) is 0.662. The summed E-state index contributed by atoms with van der Waals surface area (Å²) in [4.78, 5) is 15.0. The number of H-pyrrole nitrogens is 1. The van der Waals surface area contributed by atoms with Gasteiger partial charge in [0.25, 0.3) is 0 Å². The molecule has 8 heteroatoms. The second kappa shape index (κ2) is 10.6. The zero-order valence-electron chi connectivity index (χ0n) is 15.9. The number of amides is 1. The maximum atomic E-state index is 12.3. The molecule has 4 rings (SSSR count). The van der Waals surface area contributed by atoms with Crippen molar-refractivity contribution in [2.75, 3.05) is 26.2 Å². The third-order valence-electron chi connectivity index (χ3n) is 6.46. The van der Waals surface area contributed by atoms with Gasteiger partial charge >= 0.3 is 0 Å². The standard InChI is InChI=1S/C19H31N5O.2ClH/c25-19(6-3-4-14-9-22-23-10-14)21-13-18-16-8-15(11-20-12-16)17-5-1-2-7-24(17)18;;/h9-10,15-18,20H,1-8,11-13H2,(H,21,25)(H,22,23);2*1H/t15-,16+,17+,18+;;/m1../s1. The number of hydrogen-bond donors (Lipinski definition) is 3. The summed E-state index contributed by atoms with van der Waals surface area (Å²) in [6, 6.07) is 1.26. The van der Waals surface area contributed by atoms with Crippen molar-refractivity contribution < 1.29 is 4.79 Å². The summed E-state index contributed by atoms with van der Waals surface area (Å²) in [6.45, 7) is 4.34. The first-order chi connectivity index (χ1) is 12.3. The highest BCUT2D eigenvalue weighted by Crippen LogP contribution is 2.38. The van der Waals surface area contributed by atoms with Gasteiger partial charge in [0.05, 0.1) is 6.20 Å². The van der Waals surface area contributed by atoms with Crippen LogP contribution in [-0.4, -0.2) is 59.3 Å². The first-order valence-electron chi connectivity index (χ1n) is 10.0. The average Bonchev–Trinajstić information content (AvgIpc) is 3.15. The number of nitrogens with zero attached hydrogens (tertiary/aromatic N) is 2. The molecule has 0 saturated carbocycles. The second-order valence-electron chi connectivity index (χ2n) is 8.05. The molecule has 3 fully saturated rings. The van der Waals surface area contributed by atoms with Crippen LogP contribution in [0, 0.1) is 11.8 Å². The molecule has 0 radical (unpaired) electrons. The van der Waals surface area contributed by atoms with Crippen LogP contribution in [0.5, 0.6) is 0 Å². The van der Waals surface area contributed by atoms with E-state index in [9.17, 15) is 4.79 Å². The topological polar surface area (TPSA) is 73.0 Å². The number of fused-ring (bicyclic) bond motifs is 4. The van der Waals surface area contributed by atoms with Crippen molar-refractivity contribution in [3.05, 3.63) is 18.0 Å². The highest BCUT2D eigenvalue weighted by Gasteiger charge is 2.45. The lowest BCUT2D eigenvalue weighted by atomic mass is 9.73. The number of aromatic amines is 1. The fourth-order valence-corrected chi connectivity index (χ4v) is 5.22. The first-order valence-corrected chi connectivity index (χ1v) is 10.0. The maximum absolute atomic E-state index is 12.3. The minimum absolute atomic E-state index is 0. The summed E-state index contributed by atoms with van der Waals surface area (Å²) in [5.74, 6) is 1.71. The molecule has 4 atom stereocenters. The van der Waals surface area contributed by atoms with Gasteiger partial charge in [0.2, 0.25) is 5.91 Å². The SMILES string of the molecule is Cl.Cl.O=C(CCCc1cn[nH]c1)NC[C@H]1[C@@H]2CNC[C@@H](C2)[C@@H]2CCCCN21. The molecule has 154 valence electrons. The van der Waals surface area contributed by atoms with Crippen molar-refractivity contribution in [3.8, 4) is 0 Å². The fourth-order valence-electron chi connectivity index (χ4n) is 5.22. The Morgan fingerprint density at radius 1 is 1.26 bits per heavy atom. The predicted octanol–water partition coefficient (Wildman–Crippen LogP) is 2.15. The largest absolute Gasteiger partial charge is 0.355 e. The molecular formula is C19H33Cl2N5O. The summed E-state index contributed by atoms with van der Waals surface area (Å²) in [5, 5.41) is 13.6. The molecule has 0 aliphatic carbocycles. The average molecular weight is 418 g/mol. The molecular weight excluding hydrogens is 385 g/mol. The number of halogens is 2. The Bertz CT molecular complexity index is 570. The van der Waals surface area contributed by atoms with E-state index in [1.807, 2.05) is 12.4 Å². The van der Waals surface area contributed by atoms with Crippen LogP contribution in [0.2, 0.25) is 0 Å². The van der Waals surface area contributed by atoms with Crippen molar-refractivity contribution >= 4 is 30.7 Å². The van der Waals surface area contributed by atoms with Crippen molar-refractivity contribution in [3.63, 3.8) is 0 Å². The minimum atomic E-state index is 0. The molecule has 1 amide bonds. The Morgan fingerprint density at radius 2 is 2.11 bits per heavy atom. The Morgan fingerprint density at radius 3 is 2.93 bits per heavy atom. The van der Waals surface area contributed by atoms with Gasteiger partial charge in [-0.05, 0) is 69.1 Å². The van der Waals surface area contributed by atoms with Crippen LogP contribution >= 0.6 is 24.8 Å². The summed E-state index contributed by atoms with van der Waals surface area (Å²) in [7, 11) is 0. The van der Waals surface area contributed by atoms with Gasteiger partial charge < -0.3 is 10.6 Å². The first kappa shape index (κ1) is 22.5. The number of aryl methyl sites for hydroxylation is 1. The molecule has 4 heterocycles. The van der Waals surface area contributed by atoms with E-state index in [0.717, 1.165) is 37.9 Å².